The second kappa shape index (κ2) is 5.43. The molecule has 1 fully saturated rings. The first-order valence-electron chi connectivity index (χ1n) is 6.70. The lowest BCUT2D eigenvalue weighted by Crippen LogP contribution is -2.33. The summed E-state index contributed by atoms with van der Waals surface area (Å²) < 4.78 is 6.18. The number of ether oxygens (including phenoxy) is 1. The van der Waals surface area contributed by atoms with Crippen LogP contribution in [0.25, 0.3) is 10.9 Å². The number of aromatic amines is 1. The van der Waals surface area contributed by atoms with Gasteiger partial charge in [0, 0.05) is 11.4 Å². The van der Waals surface area contributed by atoms with E-state index in [-0.39, 0.29) is 12.1 Å². The molecule has 3 rings (SSSR count). The maximum Gasteiger partial charge on any atom is 0.134 e. The van der Waals surface area contributed by atoms with Gasteiger partial charge in [0.25, 0.3) is 0 Å². The molecule has 2 atom stereocenters. The highest BCUT2D eigenvalue weighted by Gasteiger charge is 2.22. The van der Waals surface area contributed by atoms with Crippen LogP contribution in [-0.2, 0) is 0 Å². The van der Waals surface area contributed by atoms with Gasteiger partial charge in [-0.15, -0.1) is 11.8 Å². The fourth-order valence-electron chi connectivity index (χ4n) is 2.74. The highest BCUT2D eigenvalue weighted by atomic mass is 32.2. The Morgan fingerprint density at radius 1 is 1.42 bits per heavy atom. The van der Waals surface area contributed by atoms with Crippen LogP contribution in [0, 0.1) is 0 Å². The summed E-state index contributed by atoms with van der Waals surface area (Å²) in [5.41, 5.74) is 7.08. The predicted molar refractivity (Wildman–Crippen MR) is 78.7 cm³/mol. The summed E-state index contributed by atoms with van der Waals surface area (Å²) >= 11 is 1.70. The average molecular weight is 277 g/mol. The lowest BCUT2D eigenvalue weighted by molar-refractivity contribution is 0.141. The Balaban J connectivity index is 1.87. The second-order valence-corrected chi connectivity index (χ2v) is 5.91. The van der Waals surface area contributed by atoms with Crippen molar-refractivity contribution in [3.05, 3.63) is 18.3 Å². The third-order valence-corrected chi connectivity index (χ3v) is 4.53. The fraction of sp³-hybridized carbons (Fsp3) is 0.500. The van der Waals surface area contributed by atoms with E-state index >= 15 is 0 Å². The Bertz CT molecular complexity index is 569. The maximum absolute atomic E-state index is 6.18. The number of hydrogen-bond acceptors (Lipinski definition) is 4. The van der Waals surface area contributed by atoms with Gasteiger partial charge in [-0.3, -0.25) is 5.10 Å². The zero-order chi connectivity index (χ0) is 13.2. The van der Waals surface area contributed by atoms with E-state index in [4.69, 9.17) is 10.5 Å². The van der Waals surface area contributed by atoms with E-state index in [1.165, 1.54) is 0 Å². The van der Waals surface area contributed by atoms with Crippen molar-refractivity contribution in [3.63, 3.8) is 0 Å². The molecule has 4 nitrogen and oxygen atoms in total. The van der Waals surface area contributed by atoms with Crippen molar-refractivity contribution in [2.24, 2.45) is 5.73 Å². The molecular formula is C14H19N3OS. The number of nitrogens with two attached hydrogens (primary N) is 1. The molecule has 1 saturated carbocycles. The topological polar surface area (TPSA) is 63.9 Å². The van der Waals surface area contributed by atoms with Gasteiger partial charge in [-0.25, -0.2) is 0 Å². The lowest BCUT2D eigenvalue weighted by Gasteiger charge is -2.28. The van der Waals surface area contributed by atoms with Crippen molar-refractivity contribution in [3.8, 4) is 5.75 Å². The molecular weight excluding hydrogens is 258 g/mol. The van der Waals surface area contributed by atoms with Crippen LogP contribution < -0.4 is 10.5 Å². The number of H-pyrrole nitrogens is 1. The largest absolute Gasteiger partial charge is 0.489 e. The van der Waals surface area contributed by atoms with E-state index in [1.54, 1.807) is 11.8 Å². The minimum atomic E-state index is 0.249. The van der Waals surface area contributed by atoms with Crippen LogP contribution in [0.2, 0.25) is 0 Å². The van der Waals surface area contributed by atoms with Gasteiger partial charge in [-0.2, -0.15) is 5.10 Å². The molecule has 0 saturated heterocycles. The SMILES string of the molecule is CSc1c(O[C@H]2CCC[C@H](N)C2)ccc2[nH]ncc12. The number of hydrogen-bond donors (Lipinski definition) is 2. The minimum absolute atomic E-state index is 0.249. The summed E-state index contributed by atoms with van der Waals surface area (Å²) in [6, 6.07) is 4.35. The molecule has 0 bridgehead atoms. The van der Waals surface area contributed by atoms with Gasteiger partial charge >= 0.3 is 0 Å². The summed E-state index contributed by atoms with van der Waals surface area (Å²) in [4.78, 5) is 1.16. The van der Waals surface area contributed by atoms with E-state index < -0.39 is 0 Å². The fourth-order valence-corrected chi connectivity index (χ4v) is 3.44. The quantitative estimate of drug-likeness (QED) is 0.847. The van der Waals surface area contributed by atoms with E-state index in [2.05, 4.69) is 16.5 Å². The summed E-state index contributed by atoms with van der Waals surface area (Å²) in [7, 11) is 0. The standard InChI is InChI=1S/C14H19N3OS/c1-19-14-11-8-16-17-12(11)5-6-13(14)18-10-4-2-3-9(15)7-10/h5-6,8-10H,2-4,7,15H2,1H3,(H,16,17)/t9-,10-/m0/s1. The van der Waals surface area contributed by atoms with Gasteiger partial charge in [-0.05, 0) is 44.1 Å². The van der Waals surface area contributed by atoms with Gasteiger partial charge in [0.2, 0.25) is 0 Å². The molecule has 0 aliphatic heterocycles. The molecule has 19 heavy (non-hydrogen) atoms. The van der Waals surface area contributed by atoms with Crippen molar-refractivity contribution in [2.75, 3.05) is 6.26 Å². The first-order valence-corrected chi connectivity index (χ1v) is 7.92. The van der Waals surface area contributed by atoms with Crippen LogP contribution >= 0.6 is 11.8 Å². The molecule has 1 aliphatic carbocycles. The van der Waals surface area contributed by atoms with Crippen molar-refractivity contribution >= 4 is 22.7 Å². The van der Waals surface area contributed by atoms with Crippen molar-refractivity contribution in [1.82, 2.24) is 10.2 Å². The number of nitrogens with one attached hydrogen (secondary N) is 1. The summed E-state index contributed by atoms with van der Waals surface area (Å²) in [6.45, 7) is 0. The molecule has 0 amide bonds. The number of nitrogens with zero attached hydrogens (tertiary/aromatic N) is 1. The molecule has 5 heteroatoms. The summed E-state index contributed by atoms with van der Waals surface area (Å²) in [5.74, 6) is 0.959. The number of rotatable bonds is 3. The molecule has 0 radical (unpaired) electrons. The number of thioether (sulfide) groups is 1. The lowest BCUT2D eigenvalue weighted by atomic mass is 9.93. The van der Waals surface area contributed by atoms with Crippen molar-refractivity contribution < 1.29 is 4.74 Å². The zero-order valence-corrected chi connectivity index (χ0v) is 11.9. The van der Waals surface area contributed by atoms with Crippen molar-refractivity contribution in [1.29, 1.82) is 0 Å². The molecule has 0 spiro atoms. The third kappa shape index (κ3) is 2.58. The number of benzene rings is 1. The molecule has 1 heterocycles. The maximum atomic E-state index is 6.18. The van der Waals surface area contributed by atoms with Crippen LogP contribution in [-0.4, -0.2) is 28.6 Å². The molecule has 0 unspecified atom stereocenters. The number of aromatic nitrogens is 2. The second-order valence-electron chi connectivity index (χ2n) is 5.09. The van der Waals surface area contributed by atoms with E-state index in [0.717, 1.165) is 47.2 Å². The van der Waals surface area contributed by atoms with Crippen LogP contribution in [0.4, 0.5) is 0 Å². The van der Waals surface area contributed by atoms with Crippen LogP contribution in [0.1, 0.15) is 25.7 Å². The highest BCUT2D eigenvalue weighted by molar-refractivity contribution is 7.99. The summed E-state index contributed by atoms with van der Waals surface area (Å²) in [5, 5.41) is 8.22. The van der Waals surface area contributed by atoms with E-state index in [1.807, 2.05) is 18.3 Å². The molecule has 2 aromatic rings. The molecule has 102 valence electrons. The van der Waals surface area contributed by atoms with Gasteiger partial charge in [0.1, 0.15) is 11.9 Å². The third-order valence-electron chi connectivity index (χ3n) is 3.70. The average Bonchev–Trinajstić information content (AvgIpc) is 2.87. The molecule has 3 N–H and O–H groups in total. The summed E-state index contributed by atoms with van der Waals surface area (Å²) in [6.07, 6.45) is 8.52. The Morgan fingerprint density at radius 2 is 2.32 bits per heavy atom. The molecule has 1 aliphatic rings. The smallest absolute Gasteiger partial charge is 0.134 e. The van der Waals surface area contributed by atoms with Crippen LogP contribution in [0.3, 0.4) is 0 Å². The molecule has 1 aromatic heterocycles. The first kappa shape index (κ1) is 12.8. The number of fused-ring (bicyclic) bond motifs is 1. The predicted octanol–water partition coefficient (Wildman–Crippen LogP) is 2.93. The van der Waals surface area contributed by atoms with E-state index in [9.17, 15) is 0 Å². The highest BCUT2D eigenvalue weighted by Crippen LogP contribution is 2.36. The van der Waals surface area contributed by atoms with E-state index in [0.29, 0.717) is 0 Å². The first-order chi connectivity index (χ1) is 9.28. The van der Waals surface area contributed by atoms with Crippen LogP contribution in [0.15, 0.2) is 23.2 Å². The molecule has 1 aromatic carbocycles. The van der Waals surface area contributed by atoms with Gasteiger partial charge in [-0.1, -0.05) is 0 Å². The van der Waals surface area contributed by atoms with Crippen LogP contribution in [0.5, 0.6) is 5.75 Å². The zero-order valence-electron chi connectivity index (χ0n) is 11.1. The van der Waals surface area contributed by atoms with Gasteiger partial charge in [0.05, 0.1) is 16.6 Å². The Morgan fingerprint density at radius 3 is 3.11 bits per heavy atom. The van der Waals surface area contributed by atoms with Gasteiger partial charge in [0.15, 0.2) is 0 Å². The Kier molecular flexibility index (Phi) is 3.66. The Labute approximate surface area is 117 Å². The Hall–Kier alpha value is -1.20. The minimum Gasteiger partial charge on any atom is -0.489 e. The normalized spacial score (nSPS) is 23.7. The van der Waals surface area contributed by atoms with Gasteiger partial charge < -0.3 is 10.5 Å². The van der Waals surface area contributed by atoms with Crippen molar-refractivity contribution in [2.45, 2.75) is 42.7 Å². The monoisotopic (exact) mass is 277 g/mol.